The van der Waals surface area contributed by atoms with Gasteiger partial charge >= 0.3 is 0 Å². The van der Waals surface area contributed by atoms with Crippen molar-refractivity contribution in [3.8, 4) is 0 Å². The summed E-state index contributed by atoms with van der Waals surface area (Å²) >= 11 is 5.14. The van der Waals surface area contributed by atoms with Gasteiger partial charge in [-0.05, 0) is 12.1 Å². The molecule has 2 heterocycles. The smallest absolute Gasteiger partial charge is 0.174 e. The minimum Gasteiger partial charge on any atom is -0.236 e. The van der Waals surface area contributed by atoms with Crippen LogP contribution in [-0.2, 0) is 0 Å². The van der Waals surface area contributed by atoms with E-state index in [1.54, 1.807) is 36.9 Å². The number of nitrogens with zero attached hydrogens (tertiary/aromatic N) is 4. The molecule has 2 aromatic rings. The van der Waals surface area contributed by atoms with E-state index in [0.29, 0.717) is 16.5 Å². The van der Waals surface area contributed by atoms with E-state index < -0.39 is 0 Å². The first-order valence-corrected chi connectivity index (χ1v) is 4.37. The molecule has 14 heavy (non-hydrogen) atoms. The van der Waals surface area contributed by atoms with Crippen LogP contribution in [0, 0.1) is 0 Å². The van der Waals surface area contributed by atoms with Gasteiger partial charge in [0.2, 0.25) is 0 Å². The molecule has 0 aliphatic heterocycles. The Bertz CT molecular complexity index is 388. The maximum Gasteiger partial charge on any atom is 0.174 e. The minimum atomic E-state index is 0.464. The molecule has 2 aromatic heterocycles. The quantitative estimate of drug-likeness (QED) is 0.538. The van der Waals surface area contributed by atoms with Crippen molar-refractivity contribution < 1.29 is 0 Å². The predicted octanol–water partition coefficient (Wildman–Crippen LogP) is 1.03. The van der Waals surface area contributed by atoms with Crippen molar-refractivity contribution in [2.24, 2.45) is 0 Å². The van der Waals surface area contributed by atoms with Gasteiger partial charge in [-0.15, -0.1) is 0 Å². The lowest BCUT2D eigenvalue weighted by atomic mass is 10.3. The van der Waals surface area contributed by atoms with Crippen LogP contribution in [0.5, 0.6) is 0 Å². The fourth-order valence-corrected chi connectivity index (χ4v) is 1.14. The fraction of sp³-hybridized carbons (Fsp3) is 0. The van der Waals surface area contributed by atoms with Crippen LogP contribution in [0.4, 0.5) is 0 Å². The van der Waals surface area contributed by atoms with Crippen LogP contribution < -0.4 is 0 Å². The molecule has 0 saturated heterocycles. The second-order valence-corrected chi connectivity index (χ2v) is 2.88. The molecule has 0 radical (unpaired) electrons. The van der Waals surface area contributed by atoms with Crippen molar-refractivity contribution in [2.45, 2.75) is 0 Å². The Morgan fingerprint density at radius 1 is 0.786 bits per heavy atom. The summed E-state index contributed by atoms with van der Waals surface area (Å²) in [6.45, 7) is 0. The van der Waals surface area contributed by atoms with Crippen LogP contribution in [0.15, 0.2) is 36.9 Å². The minimum absolute atomic E-state index is 0.464. The predicted molar refractivity (Wildman–Crippen MR) is 54.9 cm³/mol. The van der Waals surface area contributed by atoms with E-state index in [9.17, 15) is 0 Å². The summed E-state index contributed by atoms with van der Waals surface area (Å²) in [5.74, 6) is 0.961. The van der Waals surface area contributed by atoms with Gasteiger partial charge in [0, 0.05) is 24.8 Å². The zero-order valence-corrected chi connectivity index (χ0v) is 7.98. The first kappa shape index (κ1) is 8.83. The molecule has 0 unspecified atom stereocenters. The molecule has 68 valence electrons. The van der Waals surface area contributed by atoms with Crippen molar-refractivity contribution in [3.05, 3.63) is 48.6 Å². The molecule has 0 aliphatic rings. The average Bonchev–Trinajstić information content (AvgIpc) is 2.30. The second kappa shape index (κ2) is 3.97. The largest absolute Gasteiger partial charge is 0.236 e. The van der Waals surface area contributed by atoms with Gasteiger partial charge in [-0.1, -0.05) is 12.2 Å². The molecule has 2 rings (SSSR count). The third kappa shape index (κ3) is 1.77. The van der Waals surface area contributed by atoms with E-state index in [1.165, 1.54) is 0 Å². The molecular formula is C9H6N4S. The summed E-state index contributed by atoms with van der Waals surface area (Å²) in [4.78, 5) is 16.6. The van der Waals surface area contributed by atoms with Crippen molar-refractivity contribution in [1.82, 2.24) is 19.9 Å². The van der Waals surface area contributed by atoms with Crippen LogP contribution in [0.2, 0.25) is 0 Å². The molecular weight excluding hydrogens is 196 g/mol. The normalized spacial score (nSPS) is 9.71. The van der Waals surface area contributed by atoms with E-state index in [-0.39, 0.29) is 0 Å². The Balaban J connectivity index is 2.35. The van der Waals surface area contributed by atoms with Gasteiger partial charge in [-0.3, -0.25) is 0 Å². The lowest BCUT2D eigenvalue weighted by Crippen LogP contribution is -2.08. The van der Waals surface area contributed by atoms with E-state index in [2.05, 4.69) is 19.9 Å². The Hall–Kier alpha value is -1.75. The Morgan fingerprint density at radius 2 is 1.14 bits per heavy atom. The molecule has 0 saturated carbocycles. The van der Waals surface area contributed by atoms with Crippen LogP contribution in [0.1, 0.15) is 11.6 Å². The van der Waals surface area contributed by atoms with Gasteiger partial charge in [-0.25, -0.2) is 19.9 Å². The van der Waals surface area contributed by atoms with E-state index in [4.69, 9.17) is 12.2 Å². The Morgan fingerprint density at radius 3 is 1.50 bits per heavy atom. The van der Waals surface area contributed by atoms with E-state index in [0.717, 1.165) is 0 Å². The SMILES string of the molecule is S=C(c1ncccn1)c1ncccn1. The van der Waals surface area contributed by atoms with E-state index in [1.807, 2.05) is 0 Å². The van der Waals surface area contributed by atoms with Crippen molar-refractivity contribution in [1.29, 1.82) is 0 Å². The highest BCUT2D eigenvalue weighted by atomic mass is 32.1. The number of hydrogen-bond acceptors (Lipinski definition) is 5. The zero-order valence-electron chi connectivity index (χ0n) is 7.16. The first-order chi connectivity index (χ1) is 6.88. The second-order valence-electron chi connectivity index (χ2n) is 2.47. The average molecular weight is 202 g/mol. The highest BCUT2D eigenvalue weighted by Crippen LogP contribution is 1.99. The highest BCUT2D eigenvalue weighted by molar-refractivity contribution is 7.81. The Labute approximate surface area is 86.1 Å². The van der Waals surface area contributed by atoms with Crippen LogP contribution in [0.3, 0.4) is 0 Å². The third-order valence-corrected chi connectivity index (χ3v) is 1.90. The monoisotopic (exact) mass is 202 g/mol. The van der Waals surface area contributed by atoms with Crippen molar-refractivity contribution in [3.63, 3.8) is 0 Å². The summed E-state index contributed by atoms with van der Waals surface area (Å²) < 4.78 is 0. The fourth-order valence-electron chi connectivity index (χ4n) is 0.933. The number of rotatable bonds is 2. The van der Waals surface area contributed by atoms with Crippen molar-refractivity contribution >= 4 is 17.1 Å². The van der Waals surface area contributed by atoms with Crippen LogP contribution in [-0.4, -0.2) is 24.8 Å². The molecule has 0 aromatic carbocycles. The standard InChI is InChI=1S/C9H6N4S/c14-7(8-10-3-1-4-11-8)9-12-5-2-6-13-9/h1-6H. The summed E-state index contributed by atoms with van der Waals surface area (Å²) in [5, 5.41) is 0. The maximum absolute atomic E-state index is 5.14. The van der Waals surface area contributed by atoms with Gasteiger partial charge in [-0.2, -0.15) is 0 Å². The number of hydrogen-bond donors (Lipinski definition) is 0. The van der Waals surface area contributed by atoms with Crippen LogP contribution in [0.25, 0.3) is 0 Å². The molecule has 0 spiro atoms. The van der Waals surface area contributed by atoms with Crippen LogP contribution >= 0.6 is 12.2 Å². The zero-order chi connectivity index (χ0) is 9.80. The number of thiocarbonyl (C=S) groups is 1. The topological polar surface area (TPSA) is 51.6 Å². The summed E-state index contributed by atoms with van der Waals surface area (Å²) in [6.07, 6.45) is 6.55. The summed E-state index contributed by atoms with van der Waals surface area (Å²) in [5.41, 5.74) is 0. The lowest BCUT2D eigenvalue weighted by molar-refractivity contribution is 1.10. The maximum atomic E-state index is 5.14. The van der Waals surface area contributed by atoms with Gasteiger partial charge in [0.1, 0.15) is 4.86 Å². The third-order valence-electron chi connectivity index (χ3n) is 1.54. The lowest BCUT2D eigenvalue weighted by Gasteiger charge is -1.98. The number of aromatic nitrogens is 4. The van der Waals surface area contributed by atoms with Gasteiger partial charge in [0.15, 0.2) is 11.6 Å². The molecule has 0 aliphatic carbocycles. The molecule has 5 heteroatoms. The first-order valence-electron chi connectivity index (χ1n) is 3.96. The van der Waals surface area contributed by atoms with Crippen molar-refractivity contribution in [2.75, 3.05) is 0 Å². The molecule has 0 amide bonds. The molecule has 4 nitrogen and oxygen atoms in total. The van der Waals surface area contributed by atoms with Gasteiger partial charge < -0.3 is 0 Å². The van der Waals surface area contributed by atoms with Gasteiger partial charge in [0.05, 0.1) is 0 Å². The summed E-state index contributed by atoms with van der Waals surface area (Å²) in [7, 11) is 0. The molecule has 0 N–H and O–H groups in total. The van der Waals surface area contributed by atoms with E-state index >= 15 is 0 Å². The highest BCUT2D eigenvalue weighted by Gasteiger charge is 2.08. The molecule has 0 fully saturated rings. The Kier molecular flexibility index (Phi) is 2.51. The summed E-state index contributed by atoms with van der Waals surface area (Å²) in [6, 6.07) is 3.47. The molecule has 0 atom stereocenters. The van der Waals surface area contributed by atoms with Gasteiger partial charge in [0.25, 0.3) is 0 Å². The molecule has 0 bridgehead atoms.